The molecule has 0 aliphatic carbocycles. The molecule has 0 saturated heterocycles. The van der Waals surface area contributed by atoms with E-state index in [0.29, 0.717) is 17.9 Å². The lowest BCUT2D eigenvalue weighted by molar-refractivity contribution is -0.138. The van der Waals surface area contributed by atoms with Crippen LogP contribution in [0.25, 0.3) is 0 Å². The molecule has 0 unspecified atom stereocenters. The number of hydrogen-bond acceptors (Lipinski definition) is 3. The van der Waals surface area contributed by atoms with Gasteiger partial charge in [-0.3, -0.25) is 14.4 Å². The van der Waals surface area contributed by atoms with E-state index in [1.54, 1.807) is 38.1 Å². The zero-order valence-electron chi connectivity index (χ0n) is 16.5. The summed E-state index contributed by atoms with van der Waals surface area (Å²) >= 11 is 0. The number of hydrogen-bond donors (Lipinski definition) is 3. The van der Waals surface area contributed by atoms with Crippen molar-refractivity contribution < 1.29 is 14.4 Å². The first-order valence-electron chi connectivity index (χ1n) is 9.30. The first kappa shape index (κ1) is 21.2. The maximum Gasteiger partial charge on any atom is 0.239 e. The Hall–Kier alpha value is -3.15. The van der Waals surface area contributed by atoms with Crippen molar-refractivity contribution in [3.8, 4) is 0 Å². The van der Waals surface area contributed by atoms with Crippen LogP contribution < -0.4 is 16.0 Å². The van der Waals surface area contributed by atoms with Crippen molar-refractivity contribution in [2.45, 2.75) is 33.6 Å². The van der Waals surface area contributed by atoms with Crippen LogP contribution in [0.3, 0.4) is 0 Å². The highest BCUT2D eigenvalue weighted by Crippen LogP contribution is 2.20. The van der Waals surface area contributed by atoms with Crippen LogP contribution in [0.5, 0.6) is 0 Å². The van der Waals surface area contributed by atoms with Gasteiger partial charge in [0.1, 0.15) is 5.41 Å². The van der Waals surface area contributed by atoms with Gasteiger partial charge in [-0.2, -0.15) is 0 Å². The predicted octanol–water partition coefficient (Wildman–Crippen LogP) is 3.36. The van der Waals surface area contributed by atoms with Crippen molar-refractivity contribution in [1.29, 1.82) is 0 Å². The number of amides is 3. The topological polar surface area (TPSA) is 87.3 Å². The van der Waals surface area contributed by atoms with Crippen molar-refractivity contribution in [1.82, 2.24) is 5.32 Å². The second-order valence-corrected chi connectivity index (χ2v) is 7.18. The molecule has 0 atom stereocenters. The molecular weight excluding hydrogens is 354 g/mol. The summed E-state index contributed by atoms with van der Waals surface area (Å²) in [6, 6.07) is 16.8. The van der Waals surface area contributed by atoms with Gasteiger partial charge in [0, 0.05) is 24.8 Å². The van der Waals surface area contributed by atoms with Crippen LogP contribution in [0.4, 0.5) is 11.4 Å². The third-order valence-electron chi connectivity index (χ3n) is 4.37. The lowest BCUT2D eigenvalue weighted by Gasteiger charge is -2.23. The lowest BCUT2D eigenvalue weighted by Crippen LogP contribution is -2.45. The average molecular weight is 381 g/mol. The Morgan fingerprint density at radius 2 is 1.39 bits per heavy atom. The number of rotatable bonds is 8. The summed E-state index contributed by atoms with van der Waals surface area (Å²) in [7, 11) is 0. The summed E-state index contributed by atoms with van der Waals surface area (Å²) in [6.45, 7) is 5.13. The molecule has 2 aromatic carbocycles. The fourth-order valence-electron chi connectivity index (χ4n) is 2.59. The molecule has 6 nitrogen and oxygen atoms in total. The minimum absolute atomic E-state index is 0.165. The van der Waals surface area contributed by atoms with Crippen molar-refractivity contribution in [2.75, 3.05) is 17.2 Å². The van der Waals surface area contributed by atoms with Crippen LogP contribution in [-0.2, 0) is 20.8 Å². The van der Waals surface area contributed by atoms with Gasteiger partial charge in [-0.1, -0.05) is 30.3 Å². The highest BCUT2D eigenvalue weighted by molar-refractivity contribution is 6.09. The maximum absolute atomic E-state index is 12.6. The van der Waals surface area contributed by atoms with Crippen LogP contribution >= 0.6 is 0 Å². The number of carbonyl (C=O) groups is 3. The number of nitrogens with one attached hydrogen (secondary N) is 3. The standard InChI is InChI=1S/C22H27N3O3/c1-16(26)24-18-11-13-19(14-12-18)25-21(28)22(2,3)20(27)23-15-7-10-17-8-5-4-6-9-17/h4-6,8-9,11-14H,7,10,15H2,1-3H3,(H,23,27)(H,24,26)(H,25,28). The van der Waals surface area contributed by atoms with E-state index in [-0.39, 0.29) is 17.7 Å². The molecule has 0 spiro atoms. The Kier molecular flexibility index (Phi) is 7.32. The Labute approximate surface area is 165 Å². The van der Waals surface area contributed by atoms with E-state index >= 15 is 0 Å². The van der Waals surface area contributed by atoms with Gasteiger partial charge in [0.15, 0.2) is 0 Å². The van der Waals surface area contributed by atoms with E-state index in [4.69, 9.17) is 0 Å². The molecule has 0 fully saturated rings. The van der Waals surface area contributed by atoms with Gasteiger partial charge in [0.2, 0.25) is 17.7 Å². The Balaban J connectivity index is 1.83. The Morgan fingerprint density at radius 1 is 0.821 bits per heavy atom. The number of aryl methyl sites for hydroxylation is 1. The van der Waals surface area contributed by atoms with E-state index in [0.717, 1.165) is 12.8 Å². The lowest BCUT2D eigenvalue weighted by atomic mass is 9.91. The van der Waals surface area contributed by atoms with E-state index in [2.05, 4.69) is 28.1 Å². The number of benzene rings is 2. The third kappa shape index (κ3) is 6.23. The molecule has 0 saturated carbocycles. The SMILES string of the molecule is CC(=O)Nc1ccc(NC(=O)C(C)(C)C(=O)NCCCc2ccccc2)cc1. The molecule has 2 rings (SSSR count). The van der Waals surface area contributed by atoms with Crippen LogP contribution in [0, 0.1) is 5.41 Å². The number of carbonyl (C=O) groups excluding carboxylic acids is 3. The van der Waals surface area contributed by atoms with Gasteiger partial charge in [0.25, 0.3) is 0 Å². The zero-order chi connectivity index (χ0) is 20.6. The van der Waals surface area contributed by atoms with Gasteiger partial charge in [-0.25, -0.2) is 0 Å². The van der Waals surface area contributed by atoms with Gasteiger partial charge >= 0.3 is 0 Å². The smallest absolute Gasteiger partial charge is 0.239 e. The molecule has 148 valence electrons. The molecule has 0 radical (unpaired) electrons. The number of anilines is 2. The molecule has 28 heavy (non-hydrogen) atoms. The monoisotopic (exact) mass is 381 g/mol. The maximum atomic E-state index is 12.6. The minimum atomic E-state index is -1.21. The predicted molar refractivity (Wildman–Crippen MR) is 111 cm³/mol. The van der Waals surface area contributed by atoms with Crippen molar-refractivity contribution in [3.63, 3.8) is 0 Å². The van der Waals surface area contributed by atoms with Gasteiger partial charge in [0.05, 0.1) is 0 Å². The minimum Gasteiger partial charge on any atom is -0.355 e. The van der Waals surface area contributed by atoms with E-state index in [9.17, 15) is 14.4 Å². The van der Waals surface area contributed by atoms with Crippen molar-refractivity contribution in [3.05, 3.63) is 60.2 Å². The fourth-order valence-corrected chi connectivity index (χ4v) is 2.59. The largest absolute Gasteiger partial charge is 0.355 e. The second-order valence-electron chi connectivity index (χ2n) is 7.18. The molecule has 0 aliphatic rings. The van der Waals surface area contributed by atoms with Crippen LogP contribution in [0.1, 0.15) is 32.8 Å². The summed E-state index contributed by atoms with van der Waals surface area (Å²) in [5.74, 6) is -0.866. The summed E-state index contributed by atoms with van der Waals surface area (Å²) in [5.41, 5.74) is 1.21. The molecule has 3 amide bonds. The highest BCUT2D eigenvalue weighted by Gasteiger charge is 2.35. The molecule has 0 aliphatic heterocycles. The molecule has 0 bridgehead atoms. The zero-order valence-corrected chi connectivity index (χ0v) is 16.5. The summed E-state index contributed by atoms with van der Waals surface area (Å²) in [5, 5.41) is 8.25. The van der Waals surface area contributed by atoms with Gasteiger partial charge in [-0.15, -0.1) is 0 Å². The summed E-state index contributed by atoms with van der Waals surface area (Å²) < 4.78 is 0. The Morgan fingerprint density at radius 3 is 1.96 bits per heavy atom. The van der Waals surface area contributed by atoms with Crippen LogP contribution in [0.15, 0.2) is 54.6 Å². The van der Waals surface area contributed by atoms with Crippen LogP contribution in [0.2, 0.25) is 0 Å². The van der Waals surface area contributed by atoms with E-state index < -0.39 is 5.41 Å². The fraction of sp³-hybridized carbons (Fsp3) is 0.318. The first-order chi connectivity index (χ1) is 13.3. The van der Waals surface area contributed by atoms with Gasteiger partial charge < -0.3 is 16.0 Å². The first-order valence-corrected chi connectivity index (χ1v) is 9.30. The second kappa shape index (κ2) is 9.69. The van der Waals surface area contributed by atoms with Crippen molar-refractivity contribution in [2.24, 2.45) is 5.41 Å². The van der Waals surface area contributed by atoms with E-state index in [1.165, 1.54) is 12.5 Å². The molecule has 2 aromatic rings. The molecule has 6 heteroatoms. The molecule has 0 aromatic heterocycles. The van der Waals surface area contributed by atoms with E-state index in [1.807, 2.05) is 18.2 Å². The van der Waals surface area contributed by atoms with Crippen molar-refractivity contribution >= 4 is 29.1 Å². The normalized spacial score (nSPS) is 10.8. The molecule has 3 N–H and O–H groups in total. The third-order valence-corrected chi connectivity index (χ3v) is 4.37. The summed E-state index contributed by atoms with van der Waals surface area (Å²) in [4.78, 5) is 36.1. The molecular formula is C22H27N3O3. The summed E-state index contributed by atoms with van der Waals surface area (Å²) in [6.07, 6.45) is 1.67. The molecule has 0 heterocycles. The Bertz CT molecular complexity index is 815. The highest BCUT2D eigenvalue weighted by atomic mass is 16.2. The average Bonchev–Trinajstić information content (AvgIpc) is 2.67. The van der Waals surface area contributed by atoms with Gasteiger partial charge in [-0.05, 0) is 56.5 Å². The van der Waals surface area contributed by atoms with Crippen LogP contribution in [-0.4, -0.2) is 24.3 Å². The quantitative estimate of drug-likeness (QED) is 0.484.